The second-order valence-electron chi connectivity index (χ2n) is 2.98. The summed E-state index contributed by atoms with van der Waals surface area (Å²) in [6.07, 6.45) is -0.695. The molecule has 0 atom stereocenters. The molecule has 0 heterocycles. The Morgan fingerprint density at radius 1 is 1.58 bits per heavy atom. The van der Waals surface area contributed by atoms with E-state index >= 15 is 0 Å². The van der Waals surface area contributed by atoms with Crippen molar-refractivity contribution in [1.29, 1.82) is 0 Å². The van der Waals surface area contributed by atoms with Crippen molar-refractivity contribution < 1.29 is 18.4 Å². The minimum atomic E-state index is -2.64. The zero-order chi connectivity index (χ0) is 9.35. The van der Waals surface area contributed by atoms with E-state index in [1.165, 1.54) is 14.2 Å². The molecule has 1 fully saturated rings. The summed E-state index contributed by atoms with van der Waals surface area (Å²) in [7, 11) is 2.74. The molecule has 0 N–H and O–H groups in total. The van der Waals surface area contributed by atoms with Crippen LogP contribution in [0.5, 0.6) is 0 Å². The minimum absolute atomic E-state index is 0.348. The third-order valence-corrected chi connectivity index (χ3v) is 2.02. The van der Waals surface area contributed by atoms with Gasteiger partial charge in [0, 0.05) is 19.9 Å². The first kappa shape index (κ1) is 9.38. The number of halogens is 2. The van der Waals surface area contributed by atoms with E-state index < -0.39 is 11.8 Å². The molecule has 0 aromatic carbocycles. The van der Waals surface area contributed by atoms with Crippen LogP contribution in [0.15, 0.2) is 0 Å². The van der Waals surface area contributed by atoms with Crippen LogP contribution in [-0.2, 0) is 9.63 Å². The van der Waals surface area contributed by atoms with Gasteiger partial charge in [0.25, 0.3) is 0 Å². The Morgan fingerprint density at radius 2 is 2.08 bits per heavy atom. The summed E-state index contributed by atoms with van der Waals surface area (Å²) in [6, 6.07) is 0. The summed E-state index contributed by atoms with van der Waals surface area (Å²) < 4.78 is 24.6. The van der Waals surface area contributed by atoms with Gasteiger partial charge < -0.3 is 0 Å². The van der Waals surface area contributed by atoms with E-state index in [1.54, 1.807) is 0 Å². The number of hydrogen-bond acceptors (Lipinski definition) is 2. The SMILES string of the molecule is CON(C)C(=O)C1CC(F)(F)C1. The van der Waals surface area contributed by atoms with Crippen LogP contribution in [-0.4, -0.2) is 31.1 Å². The monoisotopic (exact) mass is 179 g/mol. The van der Waals surface area contributed by atoms with Gasteiger partial charge >= 0.3 is 0 Å². The standard InChI is InChI=1S/C7H11F2NO2/c1-10(12-2)6(11)5-3-7(8,9)4-5/h5H,3-4H2,1-2H3. The molecule has 3 nitrogen and oxygen atoms in total. The number of alkyl halides is 2. The summed E-state index contributed by atoms with van der Waals surface area (Å²) in [6.45, 7) is 0. The van der Waals surface area contributed by atoms with Crippen LogP contribution >= 0.6 is 0 Å². The Balaban J connectivity index is 2.38. The van der Waals surface area contributed by atoms with Crippen LogP contribution in [0.4, 0.5) is 8.78 Å². The summed E-state index contributed by atoms with van der Waals surface area (Å²) in [5.74, 6) is -3.58. The van der Waals surface area contributed by atoms with Crippen molar-refractivity contribution in [3.8, 4) is 0 Å². The highest BCUT2D eigenvalue weighted by molar-refractivity contribution is 5.78. The molecule has 0 saturated heterocycles. The molecule has 1 amide bonds. The quantitative estimate of drug-likeness (QED) is 0.593. The fourth-order valence-corrected chi connectivity index (χ4v) is 1.18. The molecule has 1 saturated carbocycles. The molecule has 1 aliphatic rings. The van der Waals surface area contributed by atoms with Crippen LogP contribution in [0.2, 0.25) is 0 Å². The van der Waals surface area contributed by atoms with Crippen molar-refractivity contribution in [3.05, 3.63) is 0 Å². The maximum Gasteiger partial charge on any atom is 0.249 e. The summed E-state index contributed by atoms with van der Waals surface area (Å²) in [5.41, 5.74) is 0. The fraction of sp³-hybridized carbons (Fsp3) is 0.857. The van der Waals surface area contributed by atoms with Crippen LogP contribution in [0.1, 0.15) is 12.8 Å². The largest absolute Gasteiger partial charge is 0.275 e. The highest BCUT2D eigenvalue weighted by atomic mass is 19.3. The number of amides is 1. The fourth-order valence-electron chi connectivity index (χ4n) is 1.18. The molecule has 1 aliphatic carbocycles. The predicted molar refractivity (Wildman–Crippen MR) is 37.5 cm³/mol. The van der Waals surface area contributed by atoms with Gasteiger partial charge in [0.1, 0.15) is 0 Å². The Labute approximate surface area is 69.2 Å². The lowest BCUT2D eigenvalue weighted by atomic mass is 9.81. The molecule has 0 aromatic rings. The maximum atomic E-state index is 12.3. The van der Waals surface area contributed by atoms with Crippen molar-refractivity contribution in [2.24, 2.45) is 5.92 Å². The van der Waals surface area contributed by atoms with Crippen LogP contribution in [0.3, 0.4) is 0 Å². The topological polar surface area (TPSA) is 29.5 Å². The Hall–Kier alpha value is -0.710. The van der Waals surface area contributed by atoms with Gasteiger partial charge in [0.2, 0.25) is 11.8 Å². The average Bonchev–Trinajstić information content (AvgIpc) is 1.97. The van der Waals surface area contributed by atoms with E-state index in [0.29, 0.717) is 0 Å². The molecular weight excluding hydrogens is 168 g/mol. The lowest BCUT2D eigenvalue weighted by Gasteiger charge is -2.35. The zero-order valence-corrected chi connectivity index (χ0v) is 7.01. The van der Waals surface area contributed by atoms with Crippen molar-refractivity contribution in [2.45, 2.75) is 18.8 Å². The minimum Gasteiger partial charge on any atom is -0.275 e. The number of carbonyl (C=O) groups excluding carboxylic acids is 1. The van der Waals surface area contributed by atoms with E-state index in [1.807, 2.05) is 0 Å². The van der Waals surface area contributed by atoms with Crippen molar-refractivity contribution in [2.75, 3.05) is 14.2 Å². The Kier molecular flexibility index (Phi) is 2.32. The third kappa shape index (κ3) is 1.72. The second kappa shape index (κ2) is 2.97. The first-order valence-electron chi connectivity index (χ1n) is 3.66. The Morgan fingerprint density at radius 3 is 2.42 bits per heavy atom. The number of hydroxylamine groups is 2. The molecule has 0 bridgehead atoms. The zero-order valence-electron chi connectivity index (χ0n) is 7.01. The van der Waals surface area contributed by atoms with Crippen molar-refractivity contribution in [1.82, 2.24) is 5.06 Å². The highest BCUT2D eigenvalue weighted by Gasteiger charge is 2.49. The van der Waals surface area contributed by atoms with E-state index in [-0.39, 0.29) is 18.7 Å². The number of rotatable bonds is 2. The molecule has 0 aliphatic heterocycles. The summed E-state index contributed by atoms with van der Waals surface area (Å²) in [4.78, 5) is 15.7. The summed E-state index contributed by atoms with van der Waals surface area (Å²) in [5, 5.41) is 0.986. The number of nitrogens with zero attached hydrogens (tertiary/aromatic N) is 1. The van der Waals surface area contributed by atoms with Gasteiger partial charge in [-0.1, -0.05) is 0 Å². The van der Waals surface area contributed by atoms with Gasteiger partial charge in [-0.05, 0) is 0 Å². The number of carbonyl (C=O) groups is 1. The van der Waals surface area contributed by atoms with Gasteiger partial charge in [0.05, 0.1) is 13.0 Å². The molecule has 70 valence electrons. The molecule has 12 heavy (non-hydrogen) atoms. The first-order valence-corrected chi connectivity index (χ1v) is 3.66. The van der Waals surface area contributed by atoms with Crippen molar-refractivity contribution in [3.63, 3.8) is 0 Å². The van der Waals surface area contributed by atoms with Crippen molar-refractivity contribution >= 4 is 5.91 Å². The molecule has 1 rings (SSSR count). The normalized spacial score (nSPS) is 21.7. The van der Waals surface area contributed by atoms with E-state index in [0.717, 1.165) is 5.06 Å². The molecular formula is C7H11F2NO2. The van der Waals surface area contributed by atoms with Gasteiger partial charge in [0.15, 0.2) is 0 Å². The second-order valence-corrected chi connectivity index (χ2v) is 2.98. The molecule has 0 spiro atoms. The Bertz CT molecular complexity index is 188. The lowest BCUT2D eigenvalue weighted by molar-refractivity contribution is -0.191. The lowest BCUT2D eigenvalue weighted by Crippen LogP contribution is -2.45. The smallest absolute Gasteiger partial charge is 0.249 e. The van der Waals surface area contributed by atoms with Gasteiger partial charge in [-0.15, -0.1) is 0 Å². The molecule has 0 unspecified atom stereocenters. The summed E-state index contributed by atoms with van der Waals surface area (Å²) >= 11 is 0. The van der Waals surface area contributed by atoms with Crippen LogP contribution in [0.25, 0.3) is 0 Å². The third-order valence-electron chi connectivity index (χ3n) is 2.02. The van der Waals surface area contributed by atoms with E-state index in [9.17, 15) is 13.6 Å². The van der Waals surface area contributed by atoms with E-state index in [4.69, 9.17) is 0 Å². The van der Waals surface area contributed by atoms with Gasteiger partial charge in [-0.25, -0.2) is 13.8 Å². The number of hydrogen-bond donors (Lipinski definition) is 0. The van der Waals surface area contributed by atoms with Crippen LogP contribution in [0, 0.1) is 5.92 Å². The highest BCUT2D eigenvalue weighted by Crippen LogP contribution is 2.42. The van der Waals surface area contributed by atoms with Gasteiger partial charge in [-0.2, -0.15) is 0 Å². The molecule has 5 heteroatoms. The molecule has 0 aromatic heterocycles. The molecule has 0 radical (unpaired) electrons. The average molecular weight is 179 g/mol. The van der Waals surface area contributed by atoms with Crippen LogP contribution < -0.4 is 0 Å². The first-order chi connectivity index (χ1) is 5.46. The predicted octanol–water partition coefficient (Wildman–Crippen LogP) is 1.05. The van der Waals surface area contributed by atoms with E-state index in [2.05, 4.69) is 4.84 Å². The van der Waals surface area contributed by atoms with Gasteiger partial charge in [-0.3, -0.25) is 9.63 Å². The maximum absolute atomic E-state index is 12.3.